The van der Waals surface area contributed by atoms with Crippen LogP contribution in [0.1, 0.15) is 69.3 Å². The monoisotopic (exact) mass is 538 g/mol. The maximum Gasteiger partial charge on any atom is 0.255 e. The zero-order valence-corrected chi connectivity index (χ0v) is 21.5. The first-order valence-corrected chi connectivity index (χ1v) is 12.5. The van der Waals surface area contributed by atoms with Crippen LogP contribution in [-0.2, 0) is 16.1 Å². The molecule has 3 unspecified atom stereocenters. The molecule has 3 aliphatic heterocycles. The zero-order chi connectivity index (χ0) is 25.0. The van der Waals surface area contributed by atoms with Gasteiger partial charge in [-0.25, -0.2) is 0 Å². The fraction of sp³-hybridized carbons (Fsp3) is 0.385. The number of nitrogens with zero attached hydrogens (tertiary/aromatic N) is 3. The van der Waals surface area contributed by atoms with Gasteiger partial charge >= 0.3 is 0 Å². The van der Waals surface area contributed by atoms with E-state index in [0.717, 1.165) is 21.2 Å². The highest BCUT2D eigenvalue weighted by atomic mass is 79.9. The molecule has 182 valence electrons. The van der Waals surface area contributed by atoms with Gasteiger partial charge in [0.05, 0.1) is 12.1 Å². The standard InChI is InChI=1S/C26H27BrN4O4/c1-14-18-11-15(7-8-17(18)26(35)31(14)21-9-10-23(32)28-24(21)33)25(34)30-12-19-16(5-4-6-20(19)27)22(30)13-29(2)3/h4-8,11,14,21-22H,9-10,12-13H2,1-3H3,(H,28,32,33). The molecule has 1 N–H and O–H groups in total. The summed E-state index contributed by atoms with van der Waals surface area (Å²) in [4.78, 5) is 56.5. The highest BCUT2D eigenvalue weighted by Crippen LogP contribution is 2.40. The number of halogens is 1. The number of imide groups is 1. The molecule has 1 saturated heterocycles. The zero-order valence-electron chi connectivity index (χ0n) is 19.9. The van der Waals surface area contributed by atoms with Crippen molar-refractivity contribution in [3.05, 3.63) is 68.7 Å². The van der Waals surface area contributed by atoms with Crippen molar-refractivity contribution in [2.75, 3.05) is 20.6 Å². The van der Waals surface area contributed by atoms with Crippen molar-refractivity contribution in [1.82, 2.24) is 20.0 Å². The third-order valence-corrected chi connectivity index (χ3v) is 7.94. The molecule has 0 spiro atoms. The summed E-state index contributed by atoms with van der Waals surface area (Å²) in [6.45, 7) is 3.06. The number of carbonyl (C=O) groups is 4. The van der Waals surface area contributed by atoms with Crippen LogP contribution in [0.5, 0.6) is 0 Å². The first-order valence-electron chi connectivity index (χ1n) is 11.7. The quantitative estimate of drug-likeness (QED) is 0.604. The van der Waals surface area contributed by atoms with Crippen LogP contribution in [0.4, 0.5) is 0 Å². The number of benzene rings is 2. The molecular weight excluding hydrogens is 512 g/mol. The summed E-state index contributed by atoms with van der Waals surface area (Å²) in [7, 11) is 3.98. The van der Waals surface area contributed by atoms with Gasteiger partial charge in [-0.05, 0) is 68.4 Å². The van der Waals surface area contributed by atoms with Crippen molar-refractivity contribution in [2.24, 2.45) is 0 Å². The normalized spacial score (nSPS) is 23.6. The maximum absolute atomic E-state index is 13.8. The number of fused-ring (bicyclic) bond motifs is 2. The Bertz CT molecular complexity index is 1260. The van der Waals surface area contributed by atoms with Crippen LogP contribution in [-0.4, -0.2) is 65.0 Å². The molecule has 0 aliphatic carbocycles. The molecule has 8 nitrogen and oxygen atoms in total. The summed E-state index contributed by atoms with van der Waals surface area (Å²) in [6.07, 6.45) is 0.499. The molecular formula is C26H27BrN4O4. The van der Waals surface area contributed by atoms with E-state index in [-0.39, 0.29) is 36.2 Å². The van der Waals surface area contributed by atoms with E-state index in [1.807, 2.05) is 38.1 Å². The topological polar surface area (TPSA) is 90.0 Å². The van der Waals surface area contributed by atoms with E-state index in [2.05, 4.69) is 32.2 Å². The van der Waals surface area contributed by atoms with E-state index >= 15 is 0 Å². The van der Waals surface area contributed by atoms with Crippen LogP contribution in [0.3, 0.4) is 0 Å². The number of carbonyl (C=O) groups excluding carboxylic acids is 4. The van der Waals surface area contributed by atoms with Crippen LogP contribution < -0.4 is 5.32 Å². The predicted octanol–water partition coefficient (Wildman–Crippen LogP) is 3.03. The Hall–Kier alpha value is -3.04. The average molecular weight is 539 g/mol. The van der Waals surface area contributed by atoms with Crippen molar-refractivity contribution in [3.63, 3.8) is 0 Å². The lowest BCUT2D eigenvalue weighted by Crippen LogP contribution is -2.53. The molecule has 4 amide bonds. The number of hydrogen-bond donors (Lipinski definition) is 1. The van der Waals surface area contributed by atoms with Crippen molar-refractivity contribution in [2.45, 2.75) is 44.4 Å². The van der Waals surface area contributed by atoms with Crippen molar-refractivity contribution in [3.8, 4) is 0 Å². The molecule has 3 aliphatic rings. The molecule has 9 heteroatoms. The largest absolute Gasteiger partial charge is 0.326 e. The van der Waals surface area contributed by atoms with E-state index in [0.29, 0.717) is 30.6 Å². The Morgan fingerprint density at radius 3 is 2.63 bits per heavy atom. The fourth-order valence-corrected chi connectivity index (χ4v) is 5.99. The van der Waals surface area contributed by atoms with Crippen LogP contribution in [0, 0.1) is 0 Å². The minimum atomic E-state index is -0.698. The number of rotatable bonds is 4. The summed E-state index contributed by atoms with van der Waals surface area (Å²) in [5.41, 5.74) is 3.99. The molecule has 3 atom stereocenters. The van der Waals surface area contributed by atoms with E-state index in [1.54, 1.807) is 23.1 Å². The molecule has 0 radical (unpaired) electrons. The number of hydrogen-bond acceptors (Lipinski definition) is 5. The molecule has 0 aromatic heterocycles. The SMILES string of the molecule is CC1c2cc(C(=O)N3Cc4c(Br)cccc4C3CN(C)C)ccc2C(=O)N1C1CCC(=O)NC1=O. The minimum Gasteiger partial charge on any atom is -0.326 e. The molecule has 0 saturated carbocycles. The predicted molar refractivity (Wildman–Crippen MR) is 133 cm³/mol. The van der Waals surface area contributed by atoms with Gasteiger partial charge in [-0.3, -0.25) is 24.5 Å². The van der Waals surface area contributed by atoms with Gasteiger partial charge in [-0.1, -0.05) is 28.1 Å². The number of likely N-dealkylation sites (N-methyl/N-ethyl adjacent to an activating group) is 1. The average Bonchev–Trinajstić information content (AvgIpc) is 3.29. The van der Waals surface area contributed by atoms with Crippen LogP contribution >= 0.6 is 15.9 Å². The molecule has 5 rings (SSSR count). The van der Waals surface area contributed by atoms with E-state index in [4.69, 9.17) is 0 Å². The van der Waals surface area contributed by atoms with Gasteiger partial charge in [-0.2, -0.15) is 0 Å². The van der Waals surface area contributed by atoms with Crippen LogP contribution in [0.2, 0.25) is 0 Å². The molecule has 1 fully saturated rings. The molecule has 0 bridgehead atoms. The fourth-order valence-electron chi connectivity index (χ4n) is 5.48. The van der Waals surface area contributed by atoms with Gasteiger partial charge in [0, 0.05) is 35.1 Å². The highest BCUT2D eigenvalue weighted by Gasteiger charge is 2.44. The summed E-state index contributed by atoms with van der Waals surface area (Å²) >= 11 is 3.63. The van der Waals surface area contributed by atoms with Gasteiger partial charge < -0.3 is 14.7 Å². The van der Waals surface area contributed by atoms with Crippen molar-refractivity contribution >= 4 is 39.6 Å². The molecule has 35 heavy (non-hydrogen) atoms. The molecule has 2 aromatic carbocycles. The number of amides is 4. The molecule has 3 heterocycles. The van der Waals surface area contributed by atoms with E-state index in [9.17, 15) is 19.2 Å². The van der Waals surface area contributed by atoms with Gasteiger partial charge in [-0.15, -0.1) is 0 Å². The Morgan fingerprint density at radius 1 is 1.14 bits per heavy atom. The Kier molecular flexibility index (Phi) is 6.01. The minimum absolute atomic E-state index is 0.0859. The lowest BCUT2D eigenvalue weighted by Gasteiger charge is -2.33. The lowest BCUT2D eigenvalue weighted by atomic mass is 10.00. The number of piperidine rings is 1. The first-order chi connectivity index (χ1) is 16.7. The maximum atomic E-state index is 13.8. The molecule has 2 aromatic rings. The first kappa shape index (κ1) is 23.7. The van der Waals surface area contributed by atoms with Crippen LogP contribution in [0.15, 0.2) is 40.9 Å². The van der Waals surface area contributed by atoms with E-state index in [1.165, 1.54) is 0 Å². The second-order valence-electron chi connectivity index (χ2n) is 9.68. The van der Waals surface area contributed by atoms with Crippen molar-refractivity contribution in [1.29, 1.82) is 0 Å². The summed E-state index contributed by atoms with van der Waals surface area (Å²) in [5, 5.41) is 2.33. The third kappa shape index (κ3) is 3.96. The smallest absolute Gasteiger partial charge is 0.255 e. The van der Waals surface area contributed by atoms with Crippen LogP contribution in [0.25, 0.3) is 0 Å². The van der Waals surface area contributed by atoms with Gasteiger partial charge in [0.1, 0.15) is 6.04 Å². The third-order valence-electron chi connectivity index (χ3n) is 7.19. The summed E-state index contributed by atoms with van der Waals surface area (Å²) in [5.74, 6) is -1.11. The van der Waals surface area contributed by atoms with Gasteiger partial charge in [0.2, 0.25) is 11.8 Å². The second-order valence-corrected chi connectivity index (χ2v) is 10.5. The Balaban J connectivity index is 1.44. The van der Waals surface area contributed by atoms with Gasteiger partial charge in [0.25, 0.3) is 11.8 Å². The highest BCUT2D eigenvalue weighted by molar-refractivity contribution is 9.10. The lowest BCUT2D eigenvalue weighted by molar-refractivity contribution is -0.137. The second kappa shape index (κ2) is 8.87. The number of nitrogens with one attached hydrogen (secondary N) is 1. The summed E-state index contributed by atoms with van der Waals surface area (Å²) < 4.78 is 0.988. The Morgan fingerprint density at radius 2 is 1.91 bits per heavy atom. The summed E-state index contributed by atoms with van der Waals surface area (Å²) in [6, 6.07) is 10.1. The van der Waals surface area contributed by atoms with Crippen molar-refractivity contribution < 1.29 is 19.2 Å². The Labute approximate surface area is 212 Å². The van der Waals surface area contributed by atoms with Gasteiger partial charge in [0.15, 0.2) is 0 Å². The van der Waals surface area contributed by atoms with E-state index < -0.39 is 11.9 Å².